The van der Waals surface area contributed by atoms with Gasteiger partial charge in [-0.2, -0.15) is 13.2 Å². The summed E-state index contributed by atoms with van der Waals surface area (Å²) in [7, 11) is 0. The zero-order valence-corrected chi connectivity index (χ0v) is 11.7. The van der Waals surface area contributed by atoms with Gasteiger partial charge in [0.2, 0.25) is 0 Å². The van der Waals surface area contributed by atoms with Gasteiger partial charge in [-0.15, -0.1) is 0 Å². The van der Waals surface area contributed by atoms with Gasteiger partial charge in [-0.05, 0) is 37.3 Å². The van der Waals surface area contributed by atoms with Gasteiger partial charge in [-0.1, -0.05) is 12.1 Å². The molecule has 2 rings (SSSR count). The van der Waals surface area contributed by atoms with Gasteiger partial charge in [0.15, 0.2) is 0 Å². The topological polar surface area (TPSA) is 54.0 Å². The molecular formula is C15H14F3N3O. The summed E-state index contributed by atoms with van der Waals surface area (Å²) in [5.41, 5.74) is -0.0923. The summed E-state index contributed by atoms with van der Waals surface area (Å²) in [5.74, 6) is 0. The summed E-state index contributed by atoms with van der Waals surface area (Å²) < 4.78 is 37.8. The summed E-state index contributed by atoms with van der Waals surface area (Å²) >= 11 is 0. The second kappa shape index (κ2) is 6.46. The van der Waals surface area contributed by atoms with E-state index in [1.165, 1.54) is 12.1 Å². The summed E-state index contributed by atoms with van der Waals surface area (Å²) in [6.45, 7) is 1.73. The lowest BCUT2D eigenvalue weighted by atomic mass is 10.2. The van der Waals surface area contributed by atoms with E-state index in [1.807, 2.05) is 0 Å². The molecule has 0 aliphatic heterocycles. The van der Waals surface area contributed by atoms with Gasteiger partial charge in [0, 0.05) is 11.9 Å². The van der Waals surface area contributed by atoms with Crippen molar-refractivity contribution in [3.8, 4) is 0 Å². The van der Waals surface area contributed by atoms with E-state index >= 15 is 0 Å². The van der Waals surface area contributed by atoms with Gasteiger partial charge >= 0.3 is 12.2 Å². The van der Waals surface area contributed by atoms with E-state index in [1.54, 1.807) is 31.3 Å². The van der Waals surface area contributed by atoms with Crippen molar-refractivity contribution in [2.24, 2.45) is 0 Å². The molecule has 1 heterocycles. The third kappa shape index (κ3) is 4.21. The molecule has 0 bridgehead atoms. The Morgan fingerprint density at radius 1 is 1.18 bits per heavy atom. The molecule has 0 spiro atoms. The summed E-state index contributed by atoms with van der Waals surface area (Å²) in [5, 5.41) is 4.99. The maximum absolute atomic E-state index is 12.6. The van der Waals surface area contributed by atoms with E-state index in [2.05, 4.69) is 15.6 Å². The first-order valence-corrected chi connectivity index (χ1v) is 6.52. The molecule has 0 aliphatic carbocycles. The lowest BCUT2D eigenvalue weighted by Crippen LogP contribution is -2.31. The van der Waals surface area contributed by atoms with E-state index < -0.39 is 17.8 Å². The van der Waals surface area contributed by atoms with Crippen molar-refractivity contribution in [2.45, 2.75) is 19.1 Å². The molecule has 22 heavy (non-hydrogen) atoms. The predicted molar refractivity (Wildman–Crippen MR) is 76.3 cm³/mol. The third-order valence-corrected chi connectivity index (χ3v) is 2.93. The number of amides is 2. The fourth-order valence-corrected chi connectivity index (χ4v) is 1.84. The number of rotatable bonds is 3. The van der Waals surface area contributed by atoms with Gasteiger partial charge in [0.05, 0.1) is 17.3 Å². The van der Waals surface area contributed by atoms with Crippen molar-refractivity contribution in [2.75, 3.05) is 5.32 Å². The highest BCUT2D eigenvalue weighted by molar-refractivity contribution is 5.89. The zero-order valence-electron chi connectivity index (χ0n) is 11.7. The molecule has 7 heteroatoms. The molecule has 1 aromatic carbocycles. The van der Waals surface area contributed by atoms with Gasteiger partial charge in [-0.25, -0.2) is 4.79 Å². The molecule has 2 amide bonds. The lowest BCUT2D eigenvalue weighted by molar-refractivity contribution is -0.137. The number of carbonyl (C=O) groups excluding carboxylic acids is 1. The Balaban J connectivity index is 2.01. The molecule has 2 N–H and O–H groups in total. The monoisotopic (exact) mass is 309 g/mol. The van der Waals surface area contributed by atoms with Crippen LogP contribution in [0.3, 0.4) is 0 Å². The van der Waals surface area contributed by atoms with Crippen LogP contribution in [0.15, 0.2) is 48.7 Å². The van der Waals surface area contributed by atoms with Crippen molar-refractivity contribution in [3.05, 3.63) is 59.9 Å². The molecule has 0 radical (unpaired) electrons. The maximum Gasteiger partial charge on any atom is 0.416 e. The van der Waals surface area contributed by atoms with Crippen LogP contribution in [-0.2, 0) is 6.18 Å². The number of nitrogens with one attached hydrogen (secondary N) is 2. The number of pyridine rings is 1. The Hall–Kier alpha value is -2.57. The number of benzene rings is 1. The van der Waals surface area contributed by atoms with Crippen molar-refractivity contribution >= 4 is 11.7 Å². The van der Waals surface area contributed by atoms with Gasteiger partial charge in [0.25, 0.3) is 0 Å². The normalized spacial score (nSPS) is 12.5. The van der Waals surface area contributed by atoms with Gasteiger partial charge < -0.3 is 10.6 Å². The Labute approximate surface area is 125 Å². The van der Waals surface area contributed by atoms with Crippen LogP contribution in [0.1, 0.15) is 24.2 Å². The molecular weight excluding hydrogens is 295 g/mol. The molecule has 0 fully saturated rings. The van der Waals surface area contributed by atoms with Crippen molar-refractivity contribution in [1.82, 2.24) is 10.3 Å². The average molecular weight is 309 g/mol. The van der Waals surface area contributed by atoms with Crippen LogP contribution in [0, 0.1) is 0 Å². The van der Waals surface area contributed by atoms with Crippen molar-refractivity contribution in [3.63, 3.8) is 0 Å². The van der Waals surface area contributed by atoms with Crippen molar-refractivity contribution < 1.29 is 18.0 Å². The van der Waals surface area contributed by atoms with Gasteiger partial charge in [-0.3, -0.25) is 4.98 Å². The van der Waals surface area contributed by atoms with Crippen LogP contribution in [0.25, 0.3) is 0 Å². The number of aromatic nitrogens is 1. The van der Waals surface area contributed by atoms with E-state index in [0.717, 1.165) is 12.1 Å². The third-order valence-electron chi connectivity index (χ3n) is 2.93. The molecule has 0 aliphatic rings. The summed E-state index contributed by atoms with van der Waals surface area (Å²) in [6.07, 6.45) is -2.85. The Morgan fingerprint density at radius 2 is 1.95 bits per heavy atom. The molecule has 116 valence electrons. The first-order valence-electron chi connectivity index (χ1n) is 6.52. The van der Waals surface area contributed by atoms with Gasteiger partial charge in [0.1, 0.15) is 0 Å². The molecule has 1 atom stereocenters. The zero-order chi connectivity index (χ0) is 16.2. The predicted octanol–water partition coefficient (Wildman–Crippen LogP) is 3.98. The first kappa shape index (κ1) is 15.8. The highest BCUT2D eigenvalue weighted by atomic mass is 19.4. The molecule has 1 unspecified atom stereocenters. The van der Waals surface area contributed by atoms with E-state index in [9.17, 15) is 18.0 Å². The fourth-order valence-electron chi connectivity index (χ4n) is 1.84. The van der Waals surface area contributed by atoms with E-state index in [-0.39, 0.29) is 11.7 Å². The van der Waals surface area contributed by atoms with Crippen LogP contribution >= 0.6 is 0 Å². The lowest BCUT2D eigenvalue weighted by Gasteiger charge is -2.15. The minimum atomic E-state index is -4.45. The number of alkyl halides is 3. The standard InChI is InChI=1S/C15H14F3N3O/c1-10(13-7-2-3-8-19-13)20-14(22)21-12-6-4-5-11(9-12)15(16,17)18/h2-10H,1H3,(H2,20,21,22). The summed E-state index contributed by atoms with van der Waals surface area (Å²) in [4.78, 5) is 15.9. The van der Waals surface area contributed by atoms with E-state index in [0.29, 0.717) is 5.69 Å². The Bertz CT molecular complexity index is 644. The molecule has 0 saturated carbocycles. The molecule has 2 aromatic rings. The highest BCUT2D eigenvalue weighted by Crippen LogP contribution is 2.30. The highest BCUT2D eigenvalue weighted by Gasteiger charge is 2.30. The molecule has 4 nitrogen and oxygen atoms in total. The molecule has 0 saturated heterocycles. The number of nitrogens with zero attached hydrogens (tertiary/aromatic N) is 1. The Kier molecular flexibility index (Phi) is 4.65. The van der Waals surface area contributed by atoms with Crippen LogP contribution < -0.4 is 10.6 Å². The maximum atomic E-state index is 12.6. The Morgan fingerprint density at radius 3 is 2.59 bits per heavy atom. The average Bonchev–Trinajstić information content (AvgIpc) is 2.47. The fraction of sp³-hybridized carbons (Fsp3) is 0.200. The number of anilines is 1. The summed E-state index contributed by atoms with van der Waals surface area (Å²) in [6, 6.07) is 8.76. The van der Waals surface area contributed by atoms with Crippen molar-refractivity contribution in [1.29, 1.82) is 0 Å². The van der Waals surface area contributed by atoms with Crippen LogP contribution in [-0.4, -0.2) is 11.0 Å². The van der Waals surface area contributed by atoms with Crippen LogP contribution in [0.2, 0.25) is 0 Å². The second-order valence-corrected chi connectivity index (χ2v) is 4.65. The number of hydrogen-bond acceptors (Lipinski definition) is 2. The number of hydrogen-bond donors (Lipinski definition) is 2. The number of urea groups is 1. The van der Waals surface area contributed by atoms with Crippen LogP contribution in [0.4, 0.5) is 23.7 Å². The minimum Gasteiger partial charge on any atom is -0.330 e. The smallest absolute Gasteiger partial charge is 0.330 e. The SMILES string of the molecule is CC(NC(=O)Nc1cccc(C(F)(F)F)c1)c1ccccn1. The second-order valence-electron chi connectivity index (χ2n) is 4.65. The minimum absolute atomic E-state index is 0.0699. The number of carbonyl (C=O) groups is 1. The molecule has 1 aromatic heterocycles. The van der Waals surface area contributed by atoms with E-state index in [4.69, 9.17) is 0 Å². The quantitative estimate of drug-likeness (QED) is 0.901. The van der Waals surface area contributed by atoms with Crippen LogP contribution in [0.5, 0.6) is 0 Å². The number of halogens is 3. The largest absolute Gasteiger partial charge is 0.416 e. The first-order chi connectivity index (χ1) is 10.4.